The van der Waals surface area contributed by atoms with Crippen molar-refractivity contribution in [2.75, 3.05) is 24.7 Å². The molecule has 0 atom stereocenters. The Labute approximate surface area is 99.6 Å². The average molecular weight is 268 g/mol. The Morgan fingerprint density at radius 2 is 2.24 bits per heavy atom. The summed E-state index contributed by atoms with van der Waals surface area (Å²) in [5.74, 6) is -0.601. The van der Waals surface area contributed by atoms with Gasteiger partial charge in [0.2, 0.25) is 0 Å². The van der Waals surface area contributed by atoms with Crippen LogP contribution in [0, 0.1) is 0 Å². The average Bonchev–Trinajstić information content (AvgIpc) is 2.57. The number of ether oxygens (including phenoxy) is 1. The van der Waals surface area contributed by atoms with Gasteiger partial charge in [-0.25, -0.2) is 4.79 Å². The Bertz CT molecular complexity index is 403. The number of anilines is 2. The molecule has 0 aromatic carbocycles. The van der Waals surface area contributed by atoms with E-state index in [9.17, 15) is 18.0 Å². The van der Waals surface area contributed by atoms with E-state index in [0.29, 0.717) is 5.00 Å². The molecule has 1 heterocycles. The van der Waals surface area contributed by atoms with E-state index in [4.69, 9.17) is 5.73 Å². The van der Waals surface area contributed by atoms with Crippen LogP contribution < -0.4 is 11.1 Å². The maximum atomic E-state index is 11.9. The zero-order valence-electron chi connectivity index (χ0n) is 8.93. The second-order valence-electron chi connectivity index (χ2n) is 3.18. The van der Waals surface area contributed by atoms with Crippen LogP contribution in [0.25, 0.3) is 0 Å². The predicted octanol–water partition coefficient (Wildman–Crippen LogP) is 2.48. The van der Waals surface area contributed by atoms with Crippen LogP contribution in [0.15, 0.2) is 6.07 Å². The maximum Gasteiger partial charge on any atom is 0.390 e. The quantitative estimate of drug-likeness (QED) is 0.823. The lowest BCUT2D eigenvalue weighted by atomic mass is 10.4. The number of carbonyl (C=O) groups is 1. The molecule has 0 unspecified atom stereocenters. The molecule has 96 valence electrons. The minimum atomic E-state index is -4.21. The fourth-order valence-corrected chi connectivity index (χ4v) is 2.00. The number of nitrogen functional groups attached to an aromatic ring is 1. The summed E-state index contributed by atoms with van der Waals surface area (Å²) in [5, 5.41) is 2.96. The van der Waals surface area contributed by atoms with Crippen molar-refractivity contribution in [2.24, 2.45) is 0 Å². The van der Waals surface area contributed by atoms with E-state index in [0.717, 1.165) is 11.3 Å². The van der Waals surface area contributed by atoms with Crippen molar-refractivity contribution in [3.63, 3.8) is 0 Å². The molecule has 0 aliphatic carbocycles. The summed E-state index contributed by atoms with van der Waals surface area (Å²) in [6, 6.07) is 1.41. The SMILES string of the molecule is COC(=O)c1sc(NCCC(F)(F)F)cc1N. The third kappa shape index (κ3) is 4.14. The summed E-state index contributed by atoms with van der Waals surface area (Å²) in [6.07, 6.45) is -5.15. The van der Waals surface area contributed by atoms with Gasteiger partial charge in [0.25, 0.3) is 0 Å². The maximum absolute atomic E-state index is 11.9. The van der Waals surface area contributed by atoms with Gasteiger partial charge in [-0.1, -0.05) is 0 Å². The smallest absolute Gasteiger partial charge is 0.390 e. The minimum Gasteiger partial charge on any atom is -0.465 e. The summed E-state index contributed by atoms with van der Waals surface area (Å²) in [6.45, 7) is -0.260. The molecule has 4 nitrogen and oxygen atoms in total. The highest BCUT2D eigenvalue weighted by molar-refractivity contribution is 7.18. The Kier molecular flexibility index (Phi) is 4.22. The van der Waals surface area contributed by atoms with Gasteiger partial charge >= 0.3 is 12.1 Å². The van der Waals surface area contributed by atoms with E-state index in [1.165, 1.54) is 13.2 Å². The Hall–Kier alpha value is -1.44. The van der Waals surface area contributed by atoms with Gasteiger partial charge in [0.15, 0.2) is 0 Å². The highest BCUT2D eigenvalue weighted by atomic mass is 32.1. The van der Waals surface area contributed by atoms with Crippen molar-refractivity contribution in [1.82, 2.24) is 0 Å². The number of nitrogens with two attached hydrogens (primary N) is 1. The summed E-state index contributed by atoms with van der Waals surface area (Å²) >= 11 is 0.965. The van der Waals surface area contributed by atoms with Crippen molar-refractivity contribution < 1.29 is 22.7 Å². The van der Waals surface area contributed by atoms with Crippen molar-refractivity contribution in [3.8, 4) is 0 Å². The Morgan fingerprint density at radius 1 is 1.59 bits per heavy atom. The highest BCUT2D eigenvalue weighted by Crippen LogP contribution is 2.30. The molecular formula is C9H11F3N2O2S. The largest absolute Gasteiger partial charge is 0.465 e. The summed E-state index contributed by atoms with van der Waals surface area (Å²) in [4.78, 5) is 11.4. The molecule has 0 radical (unpaired) electrons. The molecule has 1 rings (SSSR count). The molecule has 0 aliphatic heterocycles. The van der Waals surface area contributed by atoms with E-state index < -0.39 is 18.6 Å². The van der Waals surface area contributed by atoms with Crippen molar-refractivity contribution in [3.05, 3.63) is 10.9 Å². The third-order valence-electron chi connectivity index (χ3n) is 1.84. The van der Waals surface area contributed by atoms with E-state index >= 15 is 0 Å². The van der Waals surface area contributed by atoms with Crippen molar-refractivity contribution in [1.29, 1.82) is 0 Å². The Balaban J connectivity index is 2.59. The van der Waals surface area contributed by atoms with Crippen LogP contribution in [0.3, 0.4) is 0 Å². The molecule has 1 aromatic rings. The second-order valence-corrected chi connectivity index (χ2v) is 4.23. The molecule has 0 bridgehead atoms. The topological polar surface area (TPSA) is 64.3 Å². The fraction of sp³-hybridized carbons (Fsp3) is 0.444. The first-order valence-corrected chi connectivity index (χ1v) is 5.43. The van der Waals surface area contributed by atoms with E-state index in [1.807, 2.05) is 0 Å². The molecule has 8 heteroatoms. The molecule has 0 aliphatic rings. The minimum absolute atomic E-state index is 0.182. The molecule has 0 saturated carbocycles. The predicted molar refractivity (Wildman–Crippen MR) is 59.2 cm³/mol. The van der Waals surface area contributed by atoms with Crippen LogP contribution in [-0.2, 0) is 4.74 Å². The number of hydrogen-bond acceptors (Lipinski definition) is 5. The van der Waals surface area contributed by atoms with Gasteiger partial charge in [-0.2, -0.15) is 13.2 Å². The first kappa shape index (κ1) is 13.6. The van der Waals surface area contributed by atoms with Crippen LogP contribution in [0.2, 0.25) is 0 Å². The normalized spacial score (nSPS) is 11.3. The van der Waals surface area contributed by atoms with Crippen LogP contribution in [-0.4, -0.2) is 25.8 Å². The lowest BCUT2D eigenvalue weighted by Crippen LogP contribution is -2.14. The molecular weight excluding hydrogens is 257 g/mol. The van der Waals surface area contributed by atoms with Gasteiger partial charge in [0, 0.05) is 6.54 Å². The van der Waals surface area contributed by atoms with Gasteiger partial charge in [-0.3, -0.25) is 0 Å². The summed E-state index contributed by atoms with van der Waals surface area (Å²) in [7, 11) is 1.21. The standard InChI is InChI=1S/C9H11F3N2O2S/c1-16-8(15)7-5(13)4-6(17-7)14-3-2-9(10,11)12/h4,14H,2-3,13H2,1H3. The highest BCUT2D eigenvalue weighted by Gasteiger charge is 2.26. The summed E-state index contributed by atoms with van der Waals surface area (Å²) < 4.78 is 40.1. The zero-order chi connectivity index (χ0) is 13.1. The van der Waals surface area contributed by atoms with Crippen molar-refractivity contribution in [2.45, 2.75) is 12.6 Å². The molecule has 0 saturated heterocycles. The number of carbonyl (C=O) groups excluding carboxylic acids is 1. The van der Waals surface area contributed by atoms with E-state index in [-0.39, 0.29) is 17.1 Å². The van der Waals surface area contributed by atoms with Crippen LogP contribution in [0.1, 0.15) is 16.1 Å². The molecule has 17 heavy (non-hydrogen) atoms. The number of halogens is 3. The monoisotopic (exact) mass is 268 g/mol. The van der Waals surface area contributed by atoms with Gasteiger partial charge in [0.1, 0.15) is 4.88 Å². The lowest BCUT2D eigenvalue weighted by molar-refractivity contribution is -0.131. The van der Waals surface area contributed by atoms with Crippen LogP contribution in [0.5, 0.6) is 0 Å². The molecule has 0 fully saturated rings. The van der Waals surface area contributed by atoms with Crippen molar-refractivity contribution >= 4 is 28.0 Å². The molecule has 3 N–H and O–H groups in total. The summed E-state index contributed by atoms with van der Waals surface area (Å²) in [5.41, 5.74) is 5.71. The van der Waals surface area contributed by atoms with Gasteiger partial charge in [0.05, 0.1) is 24.2 Å². The van der Waals surface area contributed by atoms with Gasteiger partial charge in [-0.15, -0.1) is 11.3 Å². The van der Waals surface area contributed by atoms with E-state index in [2.05, 4.69) is 10.1 Å². The van der Waals surface area contributed by atoms with Crippen LogP contribution in [0.4, 0.5) is 23.9 Å². The number of rotatable bonds is 4. The van der Waals surface area contributed by atoms with E-state index in [1.54, 1.807) is 0 Å². The number of methoxy groups -OCH3 is 1. The first-order chi connectivity index (χ1) is 7.83. The van der Waals surface area contributed by atoms with Gasteiger partial charge < -0.3 is 15.8 Å². The van der Waals surface area contributed by atoms with Gasteiger partial charge in [-0.05, 0) is 6.07 Å². The third-order valence-corrected chi connectivity index (χ3v) is 2.93. The number of nitrogens with one attached hydrogen (secondary N) is 1. The molecule has 1 aromatic heterocycles. The number of alkyl halides is 3. The number of thiophene rings is 1. The van der Waals surface area contributed by atoms with Crippen LogP contribution >= 0.6 is 11.3 Å². The Morgan fingerprint density at radius 3 is 2.76 bits per heavy atom. The molecule has 0 spiro atoms. The molecule has 0 amide bonds. The number of esters is 1. The fourth-order valence-electron chi connectivity index (χ4n) is 1.07. The number of hydrogen-bond donors (Lipinski definition) is 2. The zero-order valence-corrected chi connectivity index (χ0v) is 9.74. The lowest BCUT2D eigenvalue weighted by Gasteiger charge is -2.06. The first-order valence-electron chi connectivity index (χ1n) is 4.61. The second kappa shape index (κ2) is 5.26.